The number of nitrogens with two attached hydrogens (primary N) is 1. The molecule has 0 fully saturated rings. The monoisotopic (exact) mass is 334 g/mol. The fraction of sp³-hybridized carbons (Fsp3) is 0.312. The van der Waals surface area contributed by atoms with E-state index >= 15 is 0 Å². The van der Waals surface area contributed by atoms with E-state index < -0.39 is 24.0 Å². The fourth-order valence-electron chi connectivity index (χ4n) is 2.14. The molecule has 2 rings (SSSR count). The highest BCUT2D eigenvalue weighted by Crippen LogP contribution is 2.29. The summed E-state index contributed by atoms with van der Waals surface area (Å²) in [4.78, 5) is 34.4. The third-order valence-electron chi connectivity index (χ3n) is 3.30. The molecular weight excluding hydrogens is 316 g/mol. The Morgan fingerprint density at radius 1 is 1.33 bits per heavy atom. The van der Waals surface area contributed by atoms with Crippen LogP contribution in [0.1, 0.15) is 30.0 Å². The Hall–Kier alpha value is -3.03. The van der Waals surface area contributed by atoms with Crippen molar-refractivity contribution in [3.8, 4) is 5.75 Å². The van der Waals surface area contributed by atoms with Crippen LogP contribution in [0.3, 0.4) is 0 Å². The van der Waals surface area contributed by atoms with Gasteiger partial charge in [-0.05, 0) is 39.0 Å². The Bertz CT molecular complexity index is 795. The van der Waals surface area contributed by atoms with Crippen LogP contribution in [-0.2, 0) is 9.53 Å². The maximum absolute atomic E-state index is 12.2. The molecule has 3 N–H and O–H groups in total. The van der Waals surface area contributed by atoms with E-state index in [4.69, 9.17) is 19.6 Å². The van der Waals surface area contributed by atoms with Gasteiger partial charge in [0.2, 0.25) is 5.76 Å². The molecular formula is C16H18N2O6. The number of carbonyl (C=O) groups excluding carboxylic acids is 3. The molecule has 0 aliphatic carbocycles. The maximum Gasteiger partial charge on any atom is 0.375 e. The summed E-state index contributed by atoms with van der Waals surface area (Å²) in [5.41, 5.74) is 5.91. The van der Waals surface area contributed by atoms with Crippen LogP contribution in [-0.4, -0.2) is 30.6 Å². The molecule has 3 amide bonds. The molecule has 1 heterocycles. The van der Waals surface area contributed by atoms with Gasteiger partial charge in [0.1, 0.15) is 11.3 Å². The van der Waals surface area contributed by atoms with Gasteiger partial charge in [0, 0.05) is 10.9 Å². The van der Waals surface area contributed by atoms with Crippen molar-refractivity contribution in [1.29, 1.82) is 0 Å². The van der Waals surface area contributed by atoms with Gasteiger partial charge in [-0.25, -0.2) is 9.59 Å². The largest absolute Gasteiger partial charge is 0.494 e. The van der Waals surface area contributed by atoms with Crippen LogP contribution >= 0.6 is 0 Å². The van der Waals surface area contributed by atoms with Crippen LogP contribution in [0.25, 0.3) is 11.0 Å². The van der Waals surface area contributed by atoms with Crippen molar-refractivity contribution in [2.45, 2.75) is 26.9 Å². The Kier molecular flexibility index (Phi) is 5.08. The molecule has 0 bridgehead atoms. The zero-order valence-electron chi connectivity index (χ0n) is 13.5. The summed E-state index contributed by atoms with van der Waals surface area (Å²) < 4.78 is 15.9. The molecule has 0 saturated heterocycles. The molecule has 1 atom stereocenters. The highest BCUT2D eigenvalue weighted by Gasteiger charge is 2.24. The van der Waals surface area contributed by atoms with Gasteiger partial charge >= 0.3 is 12.0 Å². The number of aryl methyl sites for hydroxylation is 1. The van der Waals surface area contributed by atoms with Crippen molar-refractivity contribution < 1.29 is 28.3 Å². The summed E-state index contributed by atoms with van der Waals surface area (Å²) in [5.74, 6) is -0.988. The summed E-state index contributed by atoms with van der Waals surface area (Å²) in [7, 11) is 0. The van der Waals surface area contributed by atoms with Gasteiger partial charge in [-0.2, -0.15) is 0 Å². The van der Waals surface area contributed by atoms with E-state index in [1.807, 2.05) is 12.2 Å². The van der Waals surface area contributed by atoms with Gasteiger partial charge in [-0.3, -0.25) is 10.1 Å². The van der Waals surface area contributed by atoms with Crippen molar-refractivity contribution in [3.63, 3.8) is 0 Å². The molecule has 1 aromatic heterocycles. The summed E-state index contributed by atoms with van der Waals surface area (Å²) >= 11 is 0. The van der Waals surface area contributed by atoms with E-state index in [0.717, 1.165) is 0 Å². The Morgan fingerprint density at radius 2 is 2.04 bits per heavy atom. The third-order valence-corrected chi connectivity index (χ3v) is 3.30. The number of carbonyl (C=O) groups is 3. The maximum atomic E-state index is 12.2. The predicted molar refractivity (Wildman–Crippen MR) is 84.7 cm³/mol. The lowest BCUT2D eigenvalue weighted by atomic mass is 10.1. The molecule has 0 radical (unpaired) electrons. The first-order chi connectivity index (χ1) is 11.3. The predicted octanol–water partition coefficient (Wildman–Crippen LogP) is 1.88. The quantitative estimate of drug-likeness (QED) is 0.805. The molecule has 1 aromatic carbocycles. The lowest BCUT2D eigenvalue weighted by Crippen LogP contribution is -2.42. The van der Waals surface area contributed by atoms with Crippen LogP contribution in [0, 0.1) is 6.92 Å². The number of esters is 1. The average molecular weight is 334 g/mol. The van der Waals surface area contributed by atoms with Gasteiger partial charge in [0.15, 0.2) is 6.10 Å². The number of imide groups is 1. The van der Waals surface area contributed by atoms with Crippen LogP contribution in [0.15, 0.2) is 22.6 Å². The summed E-state index contributed by atoms with van der Waals surface area (Å²) in [6.07, 6.45) is -1.20. The number of primary amides is 1. The molecule has 0 saturated carbocycles. The van der Waals surface area contributed by atoms with Gasteiger partial charge < -0.3 is 19.6 Å². The number of urea groups is 1. The second-order valence-electron chi connectivity index (χ2n) is 5.05. The summed E-state index contributed by atoms with van der Waals surface area (Å²) in [6, 6.07) is 4.16. The van der Waals surface area contributed by atoms with Crippen molar-refractivity contribution in [1.82, 2.24) is 5.32 Å². The van der Waals surface area contributed by atoms with Gasteiger partial charge in [0.05, 0.1) is 6.61 Å². The van der Waals surface area contributed by atoms with Crippen molar-refractivity contribution in [2.75, 3.05) is 6.61 Å². The van der Waals surface area contributed by atoms with Crippen LogP contribution < -0.4 is 15.8 Å². The molecule has 128 valence electrons. The first-order valence-electron chi connectivity index (χ1n) is 7.30. The second-order valence-corrected chi connectivity index (χ2v) is 5.05. The molecule has 0 spiro atoms. The Labute approximate surface area is 137 Å². The van der Waals surface area contributed by atoms with Crippen molar-refractivity contribution >= 4 is 28.9 Å². The fourth-order valence-corrected chi connectivity index (χ4v) is 2.14. The third kappa shape index (κ3) is 3.65. The zero-order chi connectivity index (χ0) is 17.9. The topological polar surface area (TPSA) is 121 Å². The molecule has 8 nitrogen and oxygen atoms in total. The molecule has 2 aromatic rings. The first-order valence-corrected chi connectivity index (χ1v) is 7.30. The minimum absolute atomic E-state index is 0.0163. The first kappa shape index (κ1) is 17.3. The summed E-state index contributed by atoms with van der Waals surface area (Å²) in [6.45, 7) is 5.41. The number of fused-ring (bicyclic) bond motifs is 1. The highest BCUT2D eigenvalue weighted by atomic mass is 16.6. The Morgan fingerprint density at radius 3 is 2.67 bits per heavy atom. The standard InChI is InChI=1S/C16H18N2O6/c1-4-22-10-5-6-12-11(7-10)8(2)13(24-12)15(20)23-9(3)14(19)18-16(17)21/h5-7,9H,4H2,1-3H3,(H3,17,18,19,21)/t9-/m1/s1. The average Bonchev–Trinajstić information content (AvgIpc) is 2.84. The number of nitrogens with one attached hydrogen (secondary N) is 1. The number of ether oxygens (including phenoxy) is 2. The molecule has 0 aliphatic rings. The second kappa shape index (κ2) is 7.03. The number of amides is 3. The molecule has 0 unspecified atom stereocenters. The minimum Gasteiger partial charge on any atom is -0.494 e. The molecule has 24 heavy (non-hydrogen) atoms. The van der Waals surface area contributed by atoms with E-state index in [2.05, 4.69) is 0 Å². The highest BCUT2D eigenvalue weighted by molar-refractivity contribution is 5.99. The van der Waals surface area contributed by atoms with Gasteiger partial charge in [-0.15, -0.1) is 0 Å². The molecule has 8 heteroatoms. The van der Waals surface area contributed by atoms with E-state index in [1.165, 1.54) is 6.92 Å². The number of furan rings is 1. The zero-order valence-corrected chi connectivity index (χ0v) is 13.5. The summed E-state index contributed by atoms with van der Waals surface area (Å²) in [5, 5.41) is 2.55. The van der Waals surface area contributed by atoms with E-state index in [9.17, 15) is 14.4 Å². The number of hydrogen-bond donors (Lipinski definition) is 2. The van der Waals surface area contributed by atoms with Crippen molar-refractivity contribution in [2.24, 2.45) is 5.73 Å². The van der Waals surface area contributed by atoms with Crippen LogP contribution in [0.5, 0.6) is 5.75 Å². The lowest BCUT2D eigenvalue weighted by Gasteiger charge is -2.10. The van der Waals surface area contributed by atoms with Crippen molar-refractivity contribution in [3.05, 3.63) is 29.5 Å². The van der Waals surface area contributed by atoms with Crippen LogP contribution in [0.2, 0.25) is 0 Å². The number of hydrogen-bond acceptors (Lipinski definition) is 6. The van der Waals surface area contributed by atoms with E-state index in [0.29, 0.717) is 28.9 Å². The van der Waals surface area contributed by atoms with E-state index in [-0.39, 0.29) is 5.76 Å². The van der Waals surface area contributed by atoms with E-state index in [1.54, 1.807) is 25.1 Å². The Balaban J connectivity index is 2.22. The van der Waals surface area contributed by atoms with Gasteiger partial charge in [-0.1, -0.05) is 0 Å². The SMILES string of the molecule is CCOc1ccc2oc(C(=O)O[C@H](C)C(=O)NC(N)=O)c(C)c2c1. The number of rotatable bonds is 5. The minimum atomic E-state index is -1.20. The lowest BCUT2D eigenvalue weighted by molar-refractivity contribution is -0.127. The molecule has 0 aliphatic heterocycles. The smallest absolute Gasteiger partial charge is 0.375 e. The van der Waals surface area contributed by atoms with Gasteiger partial charge in [0.25, 0.3) is 5.91 Å². The normalized spacial score (nSPS) is 11.8. The number of benzene rings is 1. The van der Waals surface area contributed by atoms with Crippen LogP contribution in [0.4, 0.5) is 4.79 Å².